The number of morpholine rings is 1. The van der Waals surface area contributed by atoms with E-state index in [0.717, 1.165) is 16.7 Å². The Bertz CT molecular complexity index is 1450. The second kappa shape index (κ2) is 14.5. The molecule has 3 N–H and O–H groups in total. The molecule has 3 aromatic rings. The van der Waals surface area contributed by atoms with Gasteiger partial charge in [0.15, 0.2) is 17.1 Å². The van der Waals surface area contributed by atoms with E-state index in [9.17, 15) is 19.8 Å². The molecule has 0 bridgehead atoms. The van der Waals surface area contributed by atoms with Gasteiger partial charge in [-0.2, -0.15) is 0 Å². The first-order chi connectivity index (χ1) is 20.9. The van der Waals surface area contributed by atoms with Crippen molar-refractivity contribution in [2.75, 3.05) is 59.7 Å². The summed E-state index contributed by atoms with van der Waals surface area (Å²) in [4.78, 5) is 31.2. The van der Waals surface area contributed by atoms with Gasteiger partial charge in [-0.1, -0.05) is 24.3 Å². The zero-order chi connectivity index (χ0) is 30.3. The highest BCUT2D eigenvalue weighted by Crippen LogP contribution is 2.33. The van der Waals surface area contributed by atoms with Crippen molar-refractivity contribution in [2.24, 2.45) is 0 Å². The fourth-order valence-corrected chi connectivity index (χ4v) is 5.92. The van der Waals surface area contributed by atoms with Crippen LogP contribution in [0.5, 0.6) is 11.5 Å². The largest absolute Gasteiger partial charge is 0.493 e. The van der Waals surface area contributed by atoms with Crippen molar-refractivity contribution < 1.29 is 38.4 Å². The number of amides is 2. The van der Waals surface area contributed by atoms with E-state index in [1.165, 1.54) is 7.11 Å². The van der Waals surface area contributed by atoms with Crippen molar-refractivity contribution >= 4 is 45.4 Å². The molecule has 1 aromatic heterocycles. The molecule has 2 heterocycles. The van der Waals surface area contributed by atoms with Crippen LogP contribution in [-0.2, 0) is 9.53 Å². The first kappa shape index (κ1) is 31.3. The van der Waals surface area contributed by atoms with Crippen molar-refractivity contribution in [3.63, 3.8) is 0 Å². The third-order valence-corrected chi connectivity index (χ3v) is 8.57. The summed E-state index contributed by atoms with van der Waals surface area (Å²) in [6, 6.07) is 13.7. The zero-order valence-electron chi connectivity index (χ0n) is 23.9. The smallest absolute Gasteiger partial charge is 0.290 e. The molecule has 3 atom stereocenters. The third-order valence-electron chi connectivity index (χ3n) is 7.67. The number of para-hydroxylation sites is 2. The summed E-state index contributed by atoms with van der Waals surface area (Å²) >= 11 is 2.15. The number of nitrogens with one attached hydrogen (secondary N) is 1. The number of aliphatic hydroxyl groups is 2. The SMILES string of the molecule is COc1cccc2cc(C(=O)N(CCN3CCOCC3)[C@@H]3CC(C(=O)NCCO)=C[C@H](Oc4ccccc4I)[C@H]3O)oc12. The lowest BCUT2D eigenvalue weighted by Crippen LogP contribution is -2.56. The molecule has 43 heavy (non-hydrogen) atoms. The number of nitrogens with zero attached hydrogens (tertiary/aromatic N) is 2. The number of carbonyl (C=O) groups is 2. The number of benzene rings is 2. The molecular formula is C31H36IN3O8. The molecule has 0 saturated carbocycles. The third kappa shape index (κ3) is 7.32. The molecule has 2 amide bonds. The van der Waals surface area contributed by atoms with Crippen LogP contribution in [0.15, 0.2) is 64.6 Å². The maximum absolute atomic E-state index is 14.2. The Morgan fingerprint density at radius 1 is 1.14 bits per heavy atom. The number of rotatable bonds is 11. The molecule has 2 aliphatic rings. The Morgan fingerprint density at radius 2 is 1.91 bits per heavy atom. The average molecular weight is 706 g/mol. The molecule has 230 valence electrons. The summed E-state index contributed by atoms with van der Waals surface area (Å²) in [6.07, 6.45) is -0.382. The van der Waals surface area contributed by atoms with Crippen LogP contribution in [0.1, 0.15) is 17.0 Å². The predicted molar refractivity (Wildman–Crippen MR) is 167 cm³/mol. The van der Waals surface area contributed by atoms with Crippen LogP contribution in [0.4, 0.5) is 0 Å². The normalized spacial score (nSPS) is 20.8. The van der Waals surface area contributed by atoms with Crippen LogP contribution in [0.2, 0.25) is 0 Å². The molecular weight excluding hydrogens is 669 g/mol. The molecule has 0 radical (unpaired) electrons. The van der Waals surface area contributed by atoms with Crippen molar-refractivity contribution in [3.05, 3.63) is 69.5 Å². The van der Waals surface area contributed by atoms with Gasteiger partial charge in [0.1, 0.15) is 18.0 Å². The lowest BCUT2D eigenvalue weighted by molar-refractivity contribution is -0.118. The van der Waals surface area contributed by atoms with E-state index < -0.39 is 30.1 Å². The van der Waals surface area contributed by atoms with Crippen molar-refractivity contribution in [3.8, 4) is 11.5 Å². The second-order valence-corrected chi connectivity index (χ2v) is 11.6. The van der Waals surface area contributed by atoms with E-state index >= 15 is 0 Å². The zero-order valence-corrected chi connectivity index (χ0v) is 26.1. The van der Waals surface area contributed by atoms with Crippen LogP contribution >= 0.6 is 22.6 Å². The summed E-state index contributed by atoms with van der Waals surface area (Å²) in [5.74, 6) is 0.349. The molecule has 2 aromatic carbocycles. The highest BCUT2D eigenvalue weighted by Gasteiger charge is 2.41. The van der Waals surface area contributed by atoms with E-state index in [-0.39, 0.29) is 31.9 Å². The van der Waals surface area contributed by atoms with Gasteiger partial charge in [-0.15, -0.1) is 0 Å². The number of carbonyl (C=O) groups excluding carboxylic acids is 2. The quantitative estimate of drug-likeness (QED) is 0.258. The van der Waals surface area contributed by atoms with Crippen LogP contribution in [0, 0.1) is 3.57 Å². The topological polar surface area (TPSA) is 134 Å². The number of halogens is 1. The molecule has 0 unspecified atom stereocenters. The molecule has 11 nitrogen and oxygen atoms in total. The van der Waals surface area contributed by atoms with Gasteiger partial charge in [0.2, 0.25) is 5.91 Å². The number of hydrogen-bond donors (Lipinski definition) is 3. The fourth-order valence-electron chi connectivity index (χ4n) is 5.40. The predicted octanol–water partition coefficient (Wildman–Crippen LogP) is 2.44. The lowest BCUT2D eigenvalue weighted by atomic mass is 9.88. The summed E-state index contributed by atoms with van der Waals surface area (Å²) in [5.41, 5.74) is 0.810. The van der Waals surface area contributed by atoms with E-state index in [4.69, 9.17) is 18.6 Å². The Balaban J connectivity index is 1.50. The summed E-state index contributed by atoms with van der Waals surface area (Å²) in [5, 5.41) is 24.4. The highest BCUT2D eigenvalue weighted by molar-refractivity contribution is 14.1. The first-order valence-electron chi connectivity index (χ1n) is 14.3. The minimum absolute atomic E-state index is 0.0754. The molecule has 1 fully saturated rings. The molecule has 5 rings (SSSR count). The average Bonchev–Trinajstić information content (AvgIpc) is 3.47. The van der Waals surface area contributed by atoms with Crippen molar-refractivity contribution in [1.82, 2.24) is 15.1 Å². The van der Waals surface area contributed by atoms with Gasteiger partial charge in [-0.3, -0.25) is 14.5 Å². The Hall–Kier alpha value is -3.17. The summed E-state index contributed by atoms with van der Waals surface area (Å²) in [6.45, 7) is 3.34. The molecule has 0 spiro atoms. The van der Waals surface area contributed by atoms with Gasteiger partial charge in [0.25, 0.3) is 5.91 Å². The summed E-state index contributed by atoms with van der Waals surface area (Å²) in [7, 11) is 1.54. The Labute approximate surface area is 263 Å². The minimum Gasteiger partial charge on any atom is -0.493 e. The minimum atomic E-state index is -1.15. The first-order valence-corrected chi connectivity index (χ1v) is 15.3. The number of methoxy groups -OCH3 is 1. The monoisotopic (exact) mass is 705 g/mol. The molecule has 12 heteroatoms. The van der Waals surface area contributed by atoms with Crippen molar-refractivity contribution in [1.29, 1.82) is 0 Å². The van der Waals surface area contributed by atoms with E-state index in [0.29, 0.717) is 47.8 Å². The van der Waals surface area contributed by atoms with Gasteiger partial charge >= 0.3 is 0 Å². The number of furan rings is 1. The maximum atomic E-state index is 14.2. The highest BCUT2D eigenvalue weighted by atomic mass is 127. The van der Waals surface area contributed by atoms with Gasteiger partial charge in [-0.05, 0) is 52.9 Å². The Kier molecular flexibility index (Phi) is 10.6. The van der Waals surface area contributed by atoms with Crippen LogP contribution in [-0.4, -0.2) is 110 Å². The van der Waals surface area contributed by atoms with Crippen LogP contribution in [0.3, 0.4) is 0 Å². The van der Waals surface area contributed by atoms with Crippen molar-refractivity contribution in [2.45, 2.75) is 24.7 Å². The van der Waals surface area contributed by atoms with Crippen LogP contribution in [0.25, 0.3) is 11.0 Å². The number of ether oxygens (including phenoxy) is 3. The molecule has 1 saturated heterocycles. The number of aliphatic hydroxyl groups excluding tert-OH is 2. The maximum Gasteiger partial charge on any atom is 0.290 e. The van der Waals surface area contributed by atoms with Gasteiger partial charge in [0, 0.05) is 50.1 Å². The Morgan fingerprint density at radius 3 is 2.65 bits per heavy atom. The van der Waals surface area contributed by atoms with Gasteiger partial charge in [0.05, 0.1) is 36.5 Å². The standard InChI is InChI=1S/C31H36IN3O8/c1-40-25-8-4-5-20-18-27(43-29(20)25)31(39)35(11-10-34-12-15-41-16-13-34)23-17-21(30(38)33-9-14-36)19-26(28(23)37)42-24-7-3-2-6-22(24)32/h2-8,18-19,23,26,28,36-37H,9-17H2,1H3,(H,33,38)/t23-,26+,28+/m1/s1. The summed E-state index contributed by atoms with van der Waals surface area (Å²) < 4.78 is 24.0. The van der Waals surface area contributed by atoms with E-state index in [1.807, 2.05) is 30.3 Å². The number of fused-ring (bicyclic) bond motifs is 1. The van der Waals surface area contributed by atoms with E-state index in [2.05, 4.69) is 32.8 Å². The van der Waals surface area contributed by atoms with Gasteiger partial charge < -0.3 is 39.1 Å². The second-order valence-electron chi connectivity index (χ2n) is 10.4. The van der Waals surface area contributed by atoms with Crippen LogP contribution < -0.4 is 14.8 Å². The van der Waals surface area contributed by atoms with Gasteiger partial charge in [-0.25, -0.2) is 0 Å². The van der Waals surface area contributed by atoms with E-state index in [1.54, 1.807) is 29.2 Å². The number of hydrogen-bond acceptors (Lipinski definition) is 9. The lowest BCUT2D eigenvalue weighted by Gasteiger charge is -2.41. The molecule has 1 aliphatic heterocycles. The fraction of sp³-hybridized carbons (Fsp3) is 0.419. The molecule has 1 aliphatic carbocycles.